The second-order valence-corrected chi connectivity index (χ2v) is 9.81. The lowest BCUT2D eigenvalue weighted by molar-refractivity contribution is -0.110. The van der Waals surface area contributed by atoms with E-state index in [-0.39, 0.29) is 5.92 Å². The molecular weight excluding hydrogens is 482 g/mol. The Morgan fingerprint density at radius 1 is 1.03 bits per heavy atom. The van der Waals surface area contributed by atoms with E-state index >= 15 is 0 Å². The average molecular weight is 508 g/mol. The number of thiophene rings is 1. The third-order valence-corrected chi connectivity index (χ3v) is 7.18. The molecule has 0 radical (unpaired) electrons. The van der Waals surface area contributed by atoms with Crippen LogP contribution in [0.25, 0.3) is 55.7 Å². The number of rotatable bonds is 9. The molecule has 0 aliphatic heterocycles. The first-order valence-electron chi connectivity index (χ1n) is 12.2. The maximum atomic E-state index is 11.3. The fourth-order valence-corrected chi connectivity index (χ4v) is 5.25. The van der Waals surface area contributed by atoms with Gasteiger partial charge < -0.3 is 15.1 Å². The standard InChI is InChI=1S/C28H25N7OS/c1-2-3-17(15-36)11-31-20-8-19(12-29-13-20)24-9-22-26(14-32-24)34-35-28(22)25-10-21-23(33-25)4-6-30-27(21)18-5-7-37-16-18/h4-10,12-17,31,33H,2-3,11H2,1H3,(H,34,35). The highest BCUT2D eigenvalue weighted by molar-refractivity contribution is 7.08. The first-order valence-corrected chi connectivity index (χ1v) is 13.2. The zero-order valence-corrected chi connectivity index (χ0v) is 21.0. The number of nitrogens with zero attached hydrogens (tertiary/aromatic N) is 4. The Morgan fingerprint density at radius 2 is 1.95 bits per heavy atom. The quantitative estimate of drug-likeness (QED) is 0.197. The molecule has 8 nitrogen and oxygen atoms in total. The van der Waals surface area contributed by atoms with Gasteiger partial charge in [-0.2, -0.15) is 16.4 Å². The van der Waals surface area contributed by atoms with Crippen molar-refractivity contribution in [3.05, 3.63) is 65.9 Å². The first kappa shape index (κ1) is 23.1. The van der Waals surface area contributed by atoms with Crippen LogP contribution in [-0.4, -0.2) is 43.0 Å². The maximum absolute atomic E-state index is 11.3. The lowest BCUT2D eigenvalue weighted by atomic mass is 10.1. The van der Waals surface area contributed by atoms with Crippen LogP contribution in [0, 0.1) is 5.92 Å². The fourth-order valence-electron chi connectivity index (χ4n) is 4.61. The summed E-state index contributed by atoms with van der Waals surface area (Å²) in [5, 5.41) is 17.2. The molecule has 1 atom stereocenters. The summed E-state index contributed by atoms with van der Waals surface area (Å²) in [5.41, 5.74) is 8.19. The second-order valence-electron chi connectivity index (χ2n) is 9.03. The smallest absolute Gasteiger partial charge is 0.124 e. The normalized spacial score (nSPS) is 12.2. The van der Waals surface area contributed by atoms with Gasteiger partial charge in [0, 0.05) is 63.8 Å². The van der Waals surface area contributed by atoms with Gasteiger partial charge in [-0.05, 0) is 42.1 Å². The predicted octanol–water partition coefficient (Wildman–Crippen LogP) is 6.32. The van der Waals surface area contributed by atoms with Crippen LogP contribution >= 0.6 is 11.3 Å². The van der Waals surface area contributed by atoms with Gasteiger partial charge in [0.15, 0.2) is 0 Å². The molecule has 0 amide bonds. The topological polar surface area (TPSA) is 112 Å². The minimum absolute atomic E-state index is 0.0108. The van der Waals surface area contributed by atoms with Crippen molar-refractivity contribution in [2.45, 2.75) is 19.8 Å². The van der Waals surface area contributed by atoms with Crippen molar-refractivity contribution in [2.75, 3.05) is 11.9 Å². The van der Waals surface area contributed by atoms with E-state index in [2.05, 4.69) is 65.3 Å². The number of pyridine rings is 3. The Morgan fingerprint density at radius 3 is 2.78 bits per heavy atom. The predicted molar refractivity (Wildman–Crippen MR) is 148 cm³/mol. The van der Waals surface area contributed by atoms with Crippen molar-refractivity contribution < 1.29 is 4.79 Å². The number of H-pyrrole nitrogens is 2. The van der Waals surface area contributed by atoms with Gasteiger partial charge in [0.25, 0.3) is 0 Å². The number of hydrogen-bond donors (Lipinski definition) is 3. The van der Waals surface area contributed by atoms with Gasteiger partial charge >= 0.3 is 0 Å². The van der Waals surface area contributed by atoms with Crippen LogP contribution in [-0.2, 0) is 4.79 Å². The van der Waals surface area contributed by atoms with E-state index < -0.39 is 0 Å². The highest BCUT2D eigenvalue weighted by atomic mass is 32.1. The van der Waals surface area contributed by atoms with Crippen LogP contribution in [0.15, 0.2) is 65.9 Å². The molecule has 6 heterocycles. The van der Waals surface area contributed by atoms with Gasteiger partial charge in [0.05, 0.1) is 34.5 Å². The molecule has 0 aliphatic carbocycles. The molecule has 184 valence electrons. The molecule has 6 rings (SSSR count). The Kier molecular flexibility index (Phi) is 6.20. The molecule has 9 heteroatoms. The Bertz CT molecular complexity index is 1690. The SMILES string of the molecule is CCCC(C=O)CNc1cncc(-c2cc3c(-c4cc5c(-c6ccsc6)nccc5[nH]4)n[nH]c3cn2)c1. The van der Waals surface area contributed by atoms with Crippen molar-refractivity contribution in [1.82, 2.24) is 30.1 Å². The minimum atomic E-state index is -0.0108. The summed E-state index contributed by atoms with van der Waals surface area (Å²) in [5.74, 6) is -0.0108. The minimum Gasteiger partial charge on any atom is -0.383 e. The third kappa shape index (κ3) is 4.49. The molecule has 0 saturated carbocycles. The van der Waals surface area contributed by atoms with E-state index in [1.54, 1.807) is 29.9 Å². The average Bonchev–Trinajstić information content (AvgIpc) is 3.70. The summed E-state index contributed by atoms with van der Waals surface area (Å²) in [4.78, 5) is 28.5. The van der Waals surface area contributed by atoms with Gasteiger partial charge in [0.2, 0.25) is 0 Å². The van der Waals surface area contributed by atoms with Crippen LogP contribution in [0.2, 0.25) is 0 Å². The number of carbonyl (C=O) groups excluding carboxylic acids is 1. The van der Waals surface area contributed by atoms with Crippen LogP contribution in [0.4, 0.5) is 5.69 Å². The number of aldehydes is 1. The lowest BCUT2D eigenvalue weighted by Crippen LogP contribution is -2.15. The van der Waals surface area contributed by atoms with Crippen molar-refractivity contribution in [3.63, 3.8) is 0 Å². The molecule has 6 aromatic rings. The van der Waals surface area contributed by atoms with Crippen LogP contribution in [0.3, 0.4) is 0 Å². The molecule has 0 fully saturated rings. The summed E-state index contributed by atoms with van der Waals surface area (Å²) in [7, 11) is 0. The van der Waals surface area contributed by atoms with Crippen molar-refractivity contribution in [1.29, 1.82) is 0 Å². The highest BCUT2D eigenvalue weighted by Crippen LogP contribution is 2.34. The van der Waals surface area contributed by atoms with Crippen LogP contribution < -0.4 is 5.32 Å². The highest BCUT2D eigenvalue weighted by Gasteiger charge is 2.16. The number of anilines is 1. The molecule has 3 N–H and O–H groups in total. The Balaban J connectivity index is 1.34. The monoisotopic (exact) mass is 507 g/mol. The van der Waals surface area contributed by atoms with Crippen LogP contribution in [0.1, 0.15) is 19.8 Å². The van der Waals surface area contributed by atoms with E-state index in [4.69, 9.17) is 0 Å². The van der Waals surface area contributed by atoms with Crippen molar-refractivity contribution in [3.8, 4) is 33.9 Å². The summed E-state index contributed by atoms with van der Waals surface area (Å²) < 4.78 is 0. The third-order valence-electron chi connectivity index (χ3n) is 6.50. The second kappa shape index (κ2) is 9.94. The number of aromatic amines is 2. The van der Waals surface area contributed by atoms with E-state index in [1.165, 1.54) is 0 Å². The first-order chi connectivity index (χ1) is 18.2. The van der Waals surface area contributed by atoms with Gasteiger partial charge in [-0.3, -0.25) is 20.1 Å². The Hall–Kier alpha value is -4.37. The van der Waals surface area contributed by atoms with Gasteiger partial charge in [-0.25, -0.2) is 0 Å². The fraction of sp³-hybridized carbons (Fsp3) is 0.179. The largest absolute Gasteiger partial charge is 0.383 e. The maximum Gasteiger partial charge on any atom is 0.124 e. The van der Waals surface area contributed by atoms with Gasteiger partial charge in [0.1, 0.15) is 12.0 Å². The number of hydrogen-bond acceptors (Lipinski definition) is 7. The van der Waals surface area contributed by atoms with E-state index in [0.29, 0.717) is 6.54 Å². The number of nitrogens with one attached hydrogen (secondary N) is 3. The van der Waals surface area contributed by atoms with Gasteiger partial charge in [-0.15, -0.1) is 0 Å². The van der Waals surface area contributed by atoms with E-state index in [0.717, 1.165) is 80.5 Å². The van der Waals surface area contributed by atoms with E-state index in [9.17, 15) is 4.79 Å². The molecule has 0 spiro atoms. The van der Waals surface area contributed by atoms with Crippen molar-refractivity contribution >= 4 is 45.1 Å². The van der Waals surface area contributed by atoms with E-state index in [1.807, 2.05) is 24.4 Å². The Labute approximate surface area is 217 Å². The van der Waals surface area contributed by atoms with Crippen molar-refractivity contribution in [2.24, 2.45) is 5.92 Å². The summed E-state index contributed by atoms with van der Waals surface area (Å²) in [6.45, 7) is 2.67. The number of carbonyl (C=O) groups is 1. The lowest BCUT2D eigenvalue weighted by Gasteiger charge is -2.12. The molecule has 0 aromatic carbocycles. The molecule has 1 unspecified atom stereocenters. The number of aromatic nitrogens is 6. The molecule has 6 aromatic heterocycles. The molecule has 0 saturated heterocycles. The van der Waals surface area contributed by atoms with Gasteiger partial charge in [-0.1, -0.05) is 13.3 Å². The molecule has 37 heavy (non-hydrogen) atoms. The van der Waals surface area contributed by atoms with Crippen LogP contribution in [0.5, 0.6) is 0 Å². The zero-order chi connectivity index (χ0) is 25.2. The summed E-state index contributed by atoms with van der Waals surface area (Å²) in [6, 6.07) is 10.2. The molecule has 0 bridgehead atoms. The number of fused-ring (bicyclic) bond motifs is 2. The summed E-state index contributed by atoms with van der Waals surface area (Å²) in [6.07, 6.45) is 10.0. The zero-order valence-electron chi connectivity index (χ0n) is 20.2. The molecular formula is C28H25N7OS. The molecule has 0 aliphatic rings. The summed E-state index contributed by atoms with van der Waals surface area (Å²) >= 11 is 1.66.